The van der Waals surface area contributed by atoms with Crippen molar-refractivity contribution >= 4 is 28.9 Å². The predicted molar refractivity (Wildman–Crippen MR) is 131 cm³/mol. The number of hydrogen-bond acceptors (Lipinski definition) is 8. The minimum absolute atomic E-state index is 0.149. The number of aromatic nitrogens is 2. The molecular formula is C25H28N4O4S. The Morgan fingerprint density at radius 1 is 1.09 bits per heavy atom. The third kappa shape index (κ3) is 5.60. The maximum atomic E-state index is 12.6. The Morgan fingerprint density at radius 2 is 1.82 bits per heavy atom. The van der Waals surface area contributed by atoms with E-state index in [0.717, 1.165) is 47.3 Å². The van der Waals surface area contributed by atoms with E-state index in [-0.39, 0.29) is 19.1 Å². The molecule has 0 radical (unpaired) electrons. The lowest BCUT2D eigenvalue weighted by atomic mass is 9.98. The average molecular weight is 481 g/mol. The van der Waals surface area contributed by atoms with E-state index in [2.05, 4.69) is 20.4 Å². The fraction of sp³-hybridized carbons (Fsp3) is 0.360. The number of nitrogens with one attached hydrogen (secondary N) is 1. The molecule has 0 spiro atoms. The number of esters is 1. The van der Waals surface area contributed by atoms with Crippen LogP contribution in [0.2, 0.25) is 0 Å². The molecule has 2 heterocycles. The van der Waals surface area contributed by atoms with Gasteiger partial charge in [-0.2, -0.15) is 0 Å². The lowest BCUT2D eigenvalue weighted by Crippen LogP contribution is -2.38. The van der Waals surface area contributed by atoms with Crippen LogP contribution in [-0.4, -0.2) is 60.3 Å². The molecule has 1 aromatic heterocycles. The number of para-hydroxylation sites is 2. The fourth-order valence-corrected chi connectivity index (χ4v) is 5.08. The highest BCUT2D eigenvalue weighted by Crippen LogP contribution is 2.36. The third-order valence-corrected chi connectivity index (χ3v) is 6.90. The largest absolute Gasteiger partial charge is 0.496 e. The van der Waals surface area contributed by atoms with Crippen LogP contribution in [0.3, 0.4) is 0 Å². The molecular weight excluding hydrogens is 452 g/mol. The molecule has 8 nitrogen and oxygen atoms in total. The predicted octanol–water partition coefficient (Wildman–Crippen LogP) is 4.21. The summed E-state index contributed by atoms with van der Waals surface area (Å²) in [4.78, 5) is 26.9. The molecule has 9 heteroatoms. The quantitative estimate of drug-likeness (QED) is 0.483. The minimum atomic E-state index is -0.441. The van der Waals surface area contributed by atoms with Crippen LogP contribution in [-0.2, 0) is 9.53 Å². The first-order valence-corrected chi connectivity index (χ1v) is 12.2. The van der Waals surface area contributed by atoms with Crippen molar-refractivity contribution in [3.63, 3.8) is 0 Å². The van der Waals surface area contributed by atoms with Gasteiger partial charge in [0.2, 0.25) is 5.91 Å². The highest BCUT2D eigenvalue weighted by molar-refractivity contribution is 7.14. The molecule has 1 fully saturated rings. The standard InChI is InChI=1S/C25H28N4O4S/c1-3-33-25(31)18-8-4-6-10-20(18)26-22(30)16-29-14-12-17(13-15-29)23-27-28-24(34-23)19-9-5-7-11-21(19)32-2/h4-11,17H,3,12-16H2,1-2H3,(H,26,30). The smallest absolute Gasteiger partial charge is 0.340 e. The van der Waals surface area contributed by atoms with Gasteiger partial charge in [-0.05, 0) is 57.1 Å². The van der Waals surface area contributed by atoms with Gasteiger partial charge in [-0.1, -0.05) is 35.6 Å². The zero-order valence-electron chi connectivity index (χ0n) is 19.3. The van der Waals surface area contributed by atoms with Gasteiger partial charge in [0, 0.05) is 5.92 Å². The third-order valence-electron chi connectivity index (χ3n) is 5.78. The van der Waals surface area contributed by atoms with E-state index in [0.29, 0.717) is 17.2 Å². The monoisotopic (exact) mass is 480 g/mol. The molecule has 2 aromatic carbocycles. The first kappa shape index (κ1) is 23.8. The van der Waals surface area contributed by atoms with Crippen LogP contribution in [0.5, 0.6) is 5.75 Å². The van der Waals surface area contributed by atoms with Crippen molar-refractivity contribution in [2.75, 3.05) is 38.7 Å². The first-order chi connectivity index (χ1) is 16.6. The first-order valence-electron chi connectivity index (χ1n) is 11.3. The van der Waals surface area contributed by atoms with E-state index < -0.39 is 5.97 Å². The van der Waals surface area contributed by atoms with Gasteiger partial charge in [0.1, 0.15) is 10.8 Å². The number of carbonyl (C=O) groups excluding carboxylic acids is 2. The molecule has 1 aliphatic heterocycles. The Labute approximate surface area is 202 Å². The number of rotatable bonds is 8. The maximum Gasteiger partial charge on any atom is 0.340 e. The zero-order valence-corrected chi connectivity index (χ0v) is 20.1. The van der Waals surface area contributed by atoms with Crippen molar-refractivity contribution in [2.24, 2.45) is 0 Å². The van der Waals surface area contributed by atoms with Gasteiger partial charge in [-0.15, -0.1) is 10.2 Å². The molecule has 0 unspecified atom stereocenters. The highest BCUT2D eigenvalue weighted by atomic mass is 32.1. The lowest BCUT2D eigenvalue weighted by molar-refractivity contribution is -0.117. The Morgan fingerprint density at radius 3 is 2.59 bits per heavy atom. The fourth-order valence-electron chi connectivity index (χ4n) is 4.04. The van der Waals surface area contributed by atoms with Crippen molar-refractivity contribution in [2.45, 2.75) is 25.7 Å². The second kappa shape index (κ2) is 11.2. The van der Waals surface area contributed by atoms with E-state index in [9.17, 15) is 9.59 Å². The minimum Gasteiger partial charge on any atom is -0.496 e. The summed E-state index contributed by atoms with van der Waals surface area (Å²) in [6, 6.07) is 14.7. The molecule has 0 bridgehead atoms. The van der Waals surface area contributed by atoms with Crippen molar-refractivity contribution in [3.05, 3.63) is 59.1 Å². The van der Waals surface area contributed by atoms with Gasteiger partial charge in [0.15, 0.2) is 5.01 Å². The second-order valence-corrected chi connectivity index (χ2v) is 9.02. The maximum absolute atomic E-state index is 12.6. The molecule has 178 valence electrons. The van der Waals surface area contributed by atoms with Gasteiger partial charge >= 0.3 is 5.97 Å². The molecule has 4 rings (SSSR count). The second-order valence-electron chi connectivity index (χ2n) is 8.01. The molecule has 0 atom stereocenters. The number of nitrogens with zero attached hydrogens (tertiary/aromatic N) is 3. The van der Waals surface area contributed by atoms with Gasteiger partial charge < -0.3 is 14.8 Å². The lowest BCUT2D eigenvalue weighted by Gasteiger charge is -2.30. The average Bonchev–Trinajstić information content (AvgIpc) is 3.35. The van der Waals surface area contributed by atoms with Crippen LogP contribution in [0.15, 0.2) is 48.5 Å². The molecule has 1 saturated heterocycles. The van der Waals surface area contributed by atoms with E-state index in [1.807, 2.05) is 24.3 Å². The Balaban J connectivity index is 1.32. The van der Waals surface area contributed by atoms with Crippen LogP contribution in [0, 0.1) is 0 Å². The molecule has 34 heavy (non-hydrogen) atoms. The highest BCUT2D eigenvalue weighted by Gasteiger charge is 2.26. The number of likely N-dealkylation sites (tertiary alicyclic amines) is 1. The van der Waals surface area contributed by atoms with Gasteiger partial charge in [-0.25, -0.2) is 4.79 Å². The molecule has 1 N–H and O–H groups in total. The van der Waals surface area contributed by atoms with E-state index in [4.69, 9.17) is 9.47 Å². The number of ether oxygens (including phenoxy) is 2. The zero-order chi connectivity index (χ0) is 23.9. The molecule has 1 aliphatic rings. The van der Waals surface area contributed by atoms with Crippen molar-refractivity contribution in [1.29, 1.82) is 0 Å². The summed E-state index contributed by atoms with van der Waals surface area (Å²) in [5.74, 6) is 0.522. The number of hydrogen-bond donors (Lipinski definition) is 1. The van der Waals surface area contributed by atoms with Crippen molar-refractivity contribution < 1.29 is 19.1 Å². The number of amides is 1. The normalized spacial score (nSPS) is 14.5. The van der Waals surface area contributed by atoms with Gasteiger partial charge in [0.05, 0.1) is 37.1 Å². The summed E-state index contributed by atoms with van der Waals surface area (Å²) in [6.45, 7) is 3.89. The number of carbonyl (C=O) groups is 2. The van der Waals surface area contributed by atoms with Crippen molar-refractivity contribution in [1.82, 2.24) is 15.1 Å². The summed E-state index contributed by atoms with van der Waals surface area (Å²) in [6.07, 6.45) is 1.82. The van der Waals surface area contributed by atoms with Crippen LogP contribution >= 0.6 is 11.3 Å². The summed E-state index contributed by atoms with van der Waals surface area (Å²) < 4.78 is 10.5. The van der Waals surface area contributed by atoms with Gasteiger partial charge in [0.25, 0.3) is 0 Å². The summed E-state index contributed by atoms with van der Waals surface area (Å²) >= 11 is 1.60. The van der Waals surface area contributed by atoms with Crippen molar-refractivity contribution in [3.8, 4) is 16.3 Å². The molecule has 0 saturated carbocycles. The number of benzene rings is 2. The summed E-state index contributed by atoms with van der Waals surface area (Å²) in [5.41, 5.74) is 1.78. The van der Waals surface area contributed by atoms with Crippen LogP contribution in [0.25, 0.3) is 10.6 Å². The molecule has 3 aromatic rings. The topological polar surface area (TPSA) is 93.7 Å². The number of anilines is 1. The SMILES string of the molecule is CCOC(=O)c1ccccc1NC(=O)CN1CCC(c2nnc(-c3ccccc3OC)s2)CC1. The van der Waals surface area contributed by atoms with Crippen LogP contribution in [0.4, 0.5) is 5.69 Å². The Hall–Kier alpha value is -3.30. The Bertz CT molecular complexity index is 1140. The molecule has 0 aliphatic carbocycles. The Kier molecular flexibility index (Phi) is 7.87. The molecule has 1 amide bonds. The van der Waals surface area contributed by atoms with Gasteiger partial charge in [-0.3, -0.25) is 9.69 Å². The van der Waals surface area contributed by atoms with E-state index in [1.54, 1.807) is 49.6 Å². The summed E-state index contributed by atoms with van der Waals surface area (Å²) in [7, 11) is 1.65. The van der Waals surface area contributed by atoms with E-state index in [1.165, 1.54) is 0 Å². The number of methoxy groups -OCH3 is 1. The number of piperidine rings is 1. The summed E-state index contributed by atoms with van der Waals surface area (Å²) in [5, 5.41) is 13.6. The van der Waals surface area contributed by atoms with Crippen LogP contribution < -0.4 is 10.1 Å². The van der Waals surface area contributed by atoms with E-state index >= 15 is 0 Å². The van der Waals surface area contributed by atoms with Crippen LogP contribution in [0.1, 0.15) is 41.0 Å².